The zero-order chi connectivity index (χ0) is 14.6. The van der Waals surface area contributed by atoms with Gasteiger partial charge in [0.05, 0.1) is 6.10 Å². The summed E-state index contributed by atoms with van der Waals surface area (Å²) in [5.74, 6) is 0.727. The van der Waals surface area contributed by atoms with Gasteiger partial charge in [-0.25, -0.2) is 0 Å². The maximum Gasteiger partial charge on any atom is 0.0822 e. The molecule has 1 aliphatic rings. The predicted octanol–water partition coefficient (Wildman–Crippen LogP) is 5.67. The Bertz CT molecular complexity index is 410. The first kappa shape index (κ1) is 15.6. The van der Waals surface area contributed by atoms with Crippen LogP contribution < -0.4 is 0 Å². The van der Waals surface area contributed by atoms with Gasteiger partial charge in [0.2, 0.25) is 0 Å². The van der Waals surface area contributed by atoms with Crippen LogP contribution in [0.1, 0.15) is 75.5 Å². The summed E-state index contributed by atoms with van der Waals surface area (Å²) in [4.78, 5) is 0. The van der Waals surface area contributed by atoms with Gasteiger partial charge >= 0.3 is 0 Å². The van der Waals surface area contributed by atoms with Gasteiger partial charge in [0.25, 0.3) is 0 Å². The third-order valence-electron chi connectivity index (χ3n) is 5.58. The second kappa shape index (κ2) is 6.76. The Balaban J connectivity index is 2.07. The molecule has 0 bridgehead atoms. The minimum atomic E-state index is -0.0519. The predicted molar refractivity (Wildman–Crippen MR) is 85.8 cm³/mol. The SMILES string of the molecule is [CH2]C(OC)c1cccc(C2CCC(CC)(CC)CC2)c1. The molecule has 1 radical (unpaired) electrons. The Morgan fingerprint density at radius 2 is 1.90 bits per heavy atom. The lowest BCUT2D eigenvalue weighted by Gasteiger charge is -2.39. The zero-order valence-electron chi connectivity index (χ0n) is 13.3. The Labute approximate surface area is 124 Å². The fraction of sp³-hybridized carbons (Fsp3) is 0.632. The van der Waals surface area contributed by atoms with Crippen LogP contribution in [-0.4, -0.2) is 7.11 Å². The molecule has 1 aromatic carbocycles. The number of benzene rings is 1. The van der Waals surface area contributed by atoms with E-state index in [-0.39, 0.29) is 6.10 Å². The molecule has 0 aliphatic heterocycles. The molecule has 0 N–H and O–H groups in total. The first-order chi connectivity index (χ1) is 9.64. The number of hydrogen-bond donors (Lipinski definition) is 0. The van der Waals surface area contributed by atoms with E-state index >= 15 is 0 Å². The third-order valence-corrected chi connectivity index (χ3v) is 5.58. The summed E-state index contributed by atoms with van der Waals surface area (Å²) in [6.07, 6.45) is 8.05. The second-order valence-electron chi connectivity index (χ2n) is 6.38. The van der Waals surface area contributed by atoms with Crippen LogP contribution in [0.3, 0.4) is 0 Å². The molecule has 1 nitrogen and oxygen atoms in total. The molecule has 111 valence electrons. The molecular formula is C19H29O. The van der Waals surface area contributed by atoms with Crippen molar-refractivity contribution >= 4 is 0 Å². The molecule has 0 spiro atoms. The largest absolute Gasteiger partial charge is 0.377 e. The van der Waals surface area contributed by atoms with E-state index in [4.69, 9.17) is 4.74 Å². The van der Waals surface area contributed by atoms with E-state index in [1.807, 2.05) is 0 Å². The highest BCUT2D eigenvalue weighted by Crippen LogP contribution is 2.47. The van der Waals surface area contributed by atoms with Crippen molar-refractivity contribution in [3.05, 3.63) is 42.3 Å². The van der Waals surface area contributed by atoms with E-state index in [9.17, 15) is 0 Å². The fourth-order valence-corrected chi connectivity index (χ4v) is 3.67. The molecule has 0 aromatic heterocycles. The lowest BCUT2D eigenvalue weighted by molar-refractivity contribution is 0.140. The molecule has 1 saturated carbocycles. The normalized spacial score (nSPS) is 20.8. The van der Waals surface area contributed by atoms with E-state index in [2.05, 4.69) is 45.0 Å². The molecule has 0 heterocycles. The van der Waals surface area contributed by atoms with E-state index < -0.39 is 0 Å². The highest BCUT2D eigenvalue weighted by atomic mass is 16.5. The van der Waals surface area contributed by atoms with Crippen LogP contribution in [0, 0.1) is 12.3 Å². The van der Waals surface area contributed by atoms with Crippen LogP contribution in [-0.2, 0) is 4.74 Å². The van der Waals surface area contributed by atoms with Gasteiger partial charge in [0.15, 0.2) is 0 Å². The average molecular weight is 273 g/mol. The minimum Gasteiger partial charge on any atom is -0.377 e. The van der Waals surface area contributed by atoms with Gasteiger partial charge in [-0.2, -0.15) is 0 Å². The Hall–Kier alpha value is -0.820. The van der Waals surface area contributed by atoms with E-state index in [0.717, 1.165) is 5.92 Å². The maximum absolute atomic E-state index is 5.34. The quantitative estimate of drug-likeness (QED) is 0.671. The zero-order valence-corrected chi connectivity index (χ0v) is 13.3. The second-order valence-corrected chi connectivity index (χ2v) is 6.38. The van der Waals surface area contributed by atoms with E-state index in [0.29, 0.717) is 5.41 Å². The van der Waals surface area contributed by atoms with Crippen LogP contribution in [0.4, 0.5) is 0 Å². The minimum absolute atomic E-state index is 0.0519. The smallest absolute Gasteiger partial charge is 0.0822 e. The van der Waals surface area contributed by atoms with Crippen molar-refractivity contribution in [1.29, 1.82) is 0 Å². The fourth-order valence-electron chi connectivity index (χ4n) is 3.67. The summed E-state index contributed by atoms with van der Waals surface area (Å²) in [6, 6.07) is 8.86. The molecule has 1 unspecified atom stereocenters. The van der Waals surface area contributed by atoms with Gasteiger partial charge in [0.1, 0.15) is 0 Å². The van der Waals surface area contributed by atoms with E-state index in [1.165, 1.54) is 49.7 Å². The summed E-state index contributed by atoms with van der Waals surface area (Å²) in [5.41, 5.74) is 3.30. The molecule has 1 aromatic rings. The van der Waals surface area contributed by atoms with Gasteiger partial charge in [-0.1, -0.05) is 51.0 Å². The summed E-state index contributed by atoms with van der Waals surface area (Å²) in [5, 5.41) is 0. The van der Waals surface area contributed by atoms with Crippen LogP contribution in [0.25, 0.3) is 0 Å². The van der Waals surface area contributed by atoms with Gasteiger partial charge < -0.3 is 4.74 Å². The van der Waals surface area contributed by atoms with Crippen molar-refractivity contribution in [3.63, 3.8) is 0 Å². The Morgan fingerprint density at radius 3 is 2.45 bits per heavy atom. The molecule has 0 amide bonds. The van der Waals surface area contributed by atoms with Crippen molar-refractivity contribution in [2.75, 3.05) is 7.11 Å². The van der Waals surface area contributed by atoms with Crippen molar-refractivity contribution in [2.45, 2.75) is 64.4 Å². The van der Waals surface area contributed by atoms with Crippen LogP contribution in [0.5, 0.6) is 0 Å². The van der Waals surface area contributed by atoms with Gasteiger partial charge in [-0.3, -0.25) is 0 Å². The standard InChI is InChI=1S/C19H29O/c1-5-19(6-2)12-10-16(11-13-19)18-9-7-8-17(14-18)15(3)20-4/h7-9,14-16H,3,5-6,10-13H2,1-2,4H3. The summed E-state index contributed by atoms with van der Waals surface area (Å²) in [6.45, 7) is 8.76. The first-order valence-corrected chi connectivity index (χ1v) is 8.10. The van der Waals surface area contributed by atoms with Crippen LogP contribution in [0.2, 0.25) is 0 Å². The molecule has 1 fully saturated rings. The molecule has 0 saturated heterocycles. The van der Waals surface area contributed by atoms with Crippen LogP contribution >= 0.6 is 0 Å². The van der Waals surface area contributed by atoms with E-state index in [1.54, 1.807) is 7.11 Å². The number of ether oxygens (including phenoxy) is 1. The Morgan fingerprint density at radius 1 is 1.25 bits per heavy atom. The molecule has 1 heteroatoms. The summed E-state index contributed by atoms with van der Waals surface area (Å²) in [7, 11) is 1.72. The van der Waals surface area contributed by atoms with Crippen molar-refractivity contribution in [2.24, 2.45) is 5.41 Å². The number of hydrogen-bond acceptors (Lipinski definition) is 1. The molecule has 20 heavy (non-hydrogen) atoms. The molecule has 1 aliphatic carbocycles. The molecular weight excluding hydrogens is 244 g/mol. The number of methoxy groups -OCH3 is 1. The number of rotatable bonds is 5. The highest BCUT2D eigenvalue weighted by Gasteiger charge is 2.32. The topological polar surface area (TPSA) is 9.23 Å². The maximum atomic E-state index is 5.34. The molecule has 1 atom stereocenters. The third kappa shape index (κ3) is 3.25. The van der Waals surface area contributed by atoms with Crippen LogP contribution in [0.15, 0.2) is 24.3 Å². The van der Waals surface area contributed by atoms with Crippen molar-refractivity contribution in [3.8, 4) is 0 Å². The van der Waals surface area contributed by atoms with Crippen molar-refractivity contribution in [1.82, 2.24) is 0 Å². The summed E-state index contributed by atoms with van der Waals surface area (Å²) < 4.78 is 5.34. The van der Waals surface area contributed by atoms with Gasteiger partial charge in [0, 0.05) is 7.11 Å². The summed E-state index contributed by atoms with van der Waals surface area (Å²) >= 11 is 0. The van der Waals surface area contributed by atoms with Crippen molar-refractivity contribution < 1.29 is 4.74 Å². The Kier molecular flexibility index (Phi) is 5.26. The van der Waals surface area contributed by atoms with Gasteiger partial charge in [-0.05, 0) is 55.1 Å². The van der Waals surface area contributed by atoms with Gasteiger partial charge in [-0.15, -0.1) is 0 Å². The highest BCUT2D eigenvalue weighted by molar-refractivity contribution is 5.29. The first-order valence-electron chi connectivity index (χ1n) is 8.10. The molecule has 2 rings (SSSR count). The lowest BCUT2D eigenvalue weighted by Crippen LogP contribution is -2.25. The average Bonchev–Trinajstić information content (AvgIpc) is 2.54. The lowest BCUT2D eigenvalue weighted by atomic mass is 9.66. The monoisotopic (exact) mass is 273 g/mol.